The molecule has 1 atom stereocenters. The minimum absolute atomic E-state index is 0.0834. The molecular weight excluding hydrogens is 434 g/mol. The van der Waals surface area contributed by atoms with Gasteiger partial charge in [0.15, 0.2) is 5.76 Å². The van der Waals surface area contributed by atoms with Crippen molar-refractivity contribution in [3.63, 3.8) is 0 Å². The van der Waals surface area contributed by atoms with Gasteiger partial charge >= 0.3 is 0 Å². The van der Waals surface area contributed by atoms with Crippen molar-refractivity contribution in [2.24, 2.45) is 0 Å². The molecule has 1 aromatic carbocycles. The summed E-state index contributed by atoms with van der Waals surface area (Å²) >= 11 is 0. The summed E-state index contributed by atoms with van der Waals surface area (Å²) in [7, 11) is 0. The number of benzene rings is 1. The third-order valence-corrected chi connectivity index (χ3v) is 6.00. The predicted molar refractivity (Wildman–Crippen MR) is 124 cm³/mol. The maximum Gasteiger partial charge on any atom is 0.287 e. The van der Waals surface area contributed by atoms with Crippen LogP contribution in [0.25, 0.3) is 0 Å². The first-order chi connectivity index (χ1) is 16.6. The lowest BCUT2D eigenvalue weighted by atomic mass is 9.94. The Bertz CT molecular complexity index is 1060. The van der Waals surface area contributed by atoms with E-state index in [0.29, 0.717) is 11.3 Å². The minimum Gasteiger partial charge on any atom is -0.467 e. The Morgan fingerprint density at radius 3 is 2.32 bits per heavy atom. The zero-order chi connectivity index (χ0) is 23.8. The molecule has 2 aromatic heterocycles. The maximum atomic E-state index is 13.6. The van der Waals surface area contributed by atoms with Crippen LogP contribution in [-0.2, 0) is 16.1 Å². The van der Waals surface area contributed by atoms with Crippen molar-refractivity contribution in [2.75, 3.05) is 6.54 Å². The zero-order valence-electron chi connectivity index (χ0n) is 18.9. The predicted octanol–water partition coefficient (Wildman–Crippen LogP) is 3.82. The molecule has 4 rings (SSSR count). The summed E-state index contributed by atoms with van der Waals surface area (Å²) in [6.07, 6.45) is 8.10. The van der Waals surface area contributed by atoms with E-state index >= 15 is 0 Å². The summed E-state index contributed by atoms with van der Waals surface area (Å²) in [5.41, 5.74) is 0.688. The number of carbonyl (C=O) groups excluding carboxylic acids is 3. The SMILES string of the molecule is O=C(NCC(=O)N(Cc1ccco1)[C@@H](C(=O)NC1CCCCC1)c1ccccc1)c1ccco1. The van der Waals surface area contributed by atoms with Gasteiger partial charge in [0.2, 0.25) is 11.8 Å². The molecule has 1 saturated carbocycles. The molecule has 178 valence electrons. The van der Waals surface area contributed by atoms with Crippen LogP contribution in [0.15, 0.2) is 76.0 Å². The highest BCUT2D eigenvalue weighted by molar-refractivity contribution is 5.95. The maximum absolute atomic E-state index is 13.6. The molecule has 1 aliphatic rings. The molecule has 1 fully saturated rings. The minimum atomic E-state index is -0.874. The molecule has 0 radical (unpaired) electrons. The van der Waals surface area contributed by atoms with Crippen LogP contribution < -0.4 is 10.6 Å². The lowest BCUT2D eigenvalue weighted by Gasteiger charge is -2.33. The molecule has 34 heavy (non-hydrogen) atoms. The number of furan rings is 2. The Kier molecular flexibility index (Phi) is 7.80. The summed E-state index contributed by atoms with van der Waals surface area (Å²) in [5.74, 6) is -0.504. The van der Waals surface area contributed by atoms with Gasteiger partial charge in [-0.15, -0.1) is 0 Å². The molecule has 1 aliphatic carbocycles. The van der Waals surface area contributed by atoms with Crippen molar-refractivity contribution in [2.45, 2.75) is 50.7 Å². The van der Waals surface area contributed by atoms with Crippen LogP contribution in [-0.4, -0.2) is 35.2 Å². The number of carbonyl (C=O) groups is 3. The fraction of sp³-hybridized carbons (Fsp3) is 0.346. The molecule has 0 aliphatic heterocycles. The molecular formula is C26H29N3O5. The van der Waals surface area contributed by atoms with E-state index in [9.17, 15) is 14.4 Å². The molecule has 3 amide bonds. The van der Waals surface area contributed by atoms with Gasteiger partial charge in [0.1, 0.15) is 11.8 Å². The second-order valence-electron chi connectivity index (χ2n) is 8.42. The highest BCUT2D eigenvalue weighted by Gasteiger charge is 2.33. The average Bonchev–Trinajstić information content (AvgIpc) is 3.58. The quantitative estimate of drug-likeness (QED) is 0.502. The van der Waals surface area contributed by atoms with Gasteiger partial charge < -0.3 is 24.4 Å². The van der Waals surface area contributed by atoms with Gasteiger partial charge in [-0.2, -0.15) is 0 Å². The van der Waals surface area contributed by atoms with Crippen molar-refractivity contribution in [3.05, 3.63) is 84.2 Å². The zero-order valence-corrected chi connectivity index (χ0v) is 18.9. The largest absolute Gasteiger partial charge is 0.467 e. The highest BCUT2D eigenvalue weighted by Crippen LogP contribution is 2.26. The van der Waals surface area contributed by atoms with E-state index < -0.39 is 17.9 Å². The number of rotatable bonds is 9. The lowest BCUT2D eigenvalue weighted by Crippen LogP contribution is -2.49. The second-order valence-corrected chi connectivity index (χ2v) is 8.42. The molecule has 8 heteroatoms. The lowest BCUT2D eigenvalue weighted by molar-refractivity contribution is -0.141. The third-order valence-electron chi connectivity index (χ3n) is 6.00. The van der Waals surface area contributed by atoms with Crippen molar-refractivity contribution in [1.29, 1.82) is 0 Å². The summed E-state index contributed by atoms with van der Waals surface area (Å²) in [6.45, 7) is -0.208. The van der Waals surface area contributed by atoms with Crippen LogP contribution in [0.5, 0.6) is 0 Å². The molecule has 3 aromatic rings. The fourth-order valence-corrected chi connectivity index (χ4v) is 4.28. The standard InChI is InChI=1S/C26H29N3O5/c30-23(17-27-25(31)22-14-8-16-34-22)29(18-21-13-7-15-33-21)24(19-9-3-1-4-10-19)26(32)28-20-11-5-2-6-12-20/h1,3-4,7-10,13-16,20,24H,2,5-6,11-12,17-18H2,(H,27,31)(H,28,32)/t24-/m1/s1. The van der Waals surface area contributed by atoms with E-state index in [0.717, 1.165) is 25.7 Å². The first-order valence-electron chi connectivity index (χ1n) is 11.6. The summed E-state index contributed by atoms with van der Waals surface area (Å²) in [6, 6.07) is 15.0. The molecule has 8 nitrogen and oxygen atoms in total. The van der Waals surface area contributed by atoms with Crippen LogP contribution in [0, 0.1) is 0 Å². The number of nitrogens with zero attached hydrogens (tertiary/aromatic N) is 1. The Morgan fingerprint density at radius 2 is 1.65 bits per heavy atom. The van der Waals surface area contributed by atoms with E-state index in [1.54, 1.807) is 18.2 Å². The van der Waals surface area contributed by atoms with Gasteiger partial charge in [-0.25, -0.2) is 0 Å². The van der Waals surface area contributed by atoms with Crippen LogP contribution in [0.1, 0.15) is 60.0 Å². The number of hydrogen-bond acceptors (Lipinski definition) is 5. The first kappa shape index (κ1) is 23.4. The summed E-state index contributed by atoms with van der Waals surface area (Å²) < 4.78 is 10.6. The van der Waals surface area contributed by atoms with Crippen LogP contribution >= 0.6 is 0 Å². The molecule has 2 heterocycles. The van der Waals surface area contributed by atoms with Crippen molar-refractivity contribution < 1.29 is 23.2 Å². The van der Waals surface area contributed by atoms with E-state index in [1.807, 2.05) is 30.3 Å². The monoisotopic (exact) mass is 463 g/mol. The van der Waals surface area contributed by atoms with Gasteiger partial charge in [0.25, 0.3) is 5.91 Å². The average molecular weight is 464 g/mol. The topological polar surface area (TPSA) is 105 Å². The van der Waals surface area contributed by atoms with E-state index in [2.05, 4.69) is 10.6 Å². The van der Waals surface area contributed by atoms with Crippen molar-refractivity contribution >= 4 is 17.7 Å². The normalized spacial score (nSPS) is 14.8. The van der Waals surface area contributed by atoms with E-state index in [-0.39, 0.29) is 30.8 Å². The number of hydrogen-bond donors (Lipinski definition) is 2. The van der Waals surface area contributed by atoms with E-state index in [4.69, 9.17) is 8.83 Å². The van der Waals surface area contributed by atoms with Gasteiger partial charge in [0.05, 0.1) is 25.6 Å². The first-order valence-corrected chi connectivity index (χ1v) is 11.6. The molecule has 0 bridgehead atoms. The molecule has 0 spiro atoms. The second kappa shape index (κ2) is 11.4. The van der Waals surface area contributed by atoms with Crippen molar-refractivity contribution in [3.8, 4) is 0 Å². The Balaban J connectivity index is 1.58. The van der Waals surface area contributed by atoms with Crippen LogP contribution in [0.2, 0.25) is 0 Å². The van der Waals surface area contributed by atoms with Crippen molar-refractivity contribution in [1.82, 2.24) is 15.5 Å². The number of amides is 3. The molecule has 0 unspecified atom stereocenters. The number of nitrogens with one attached hydrogen (secondary N) is 2. The smallest absolute Gasteiger partial charge is 0.287 e. The fourth-order valence-electron chi connectivity index (χ4n) is 4.28. The molecule has 2 N–H and O–H groups in total. The van der Waals surface area contributed by atoms with Gasteiger partial charge in [0, 0.05) is 6.04 Å². The van der Waals surface area contributed by atoms with Crippen LogP contribution in [0.3, 0.4) is 0 Å². The third kappa shape index (κ3) is 5.95. The highest BCUT2D eigenvalue weighted by atomic mass is 16.3. The summed E-state index contributed by atoms with van der Waals surface area (Å²) in [5, 5.41) is 5.74. The Morgan fingerprint density at radius 1 is 0.912 bits per heavy atom. The van der Waals surface area contributed by atoms with E-state index in [1.165, 1.54) is 29.9 Å². The van der Waals surface area contributed by atoms with Gasteiger partial charge in [-0.3, -0.25) is 14.4 Å². The van der Waals surface area contributed by atoms with Gasteiger partial charge in [-0.05, 0) is 42.7 Å². The Labute approximate surface area is 198 Å². The Hall–Kier alpha value is -3.81. The molecule has 0 saturated heterocycles. The van der Waals surface area contributed by atoms with Crippen LogP contribution in [0.4, 0.5) is 0 Å². The van der Waals surface area contributed by atoms with Gasteiger partial charge in [-0.1, -0.05) is 49.6 Å². The summed E-state index contributed by atoms with van der Waals surface area (Å²) in [4.78, 5) is 40.8.